The van der Waals surface area contributed by atoms with E-state index in [1.54, 1.807) is 23.6 Å². The van der Waals surface area contributed by atoms with Crippen LogP contribution in [0.15, 0.2) is 35.3 Å². The average molecular weight is 269 g/mol. The Morgan fingerprint density at radius 1 is 1.47 bits per heavy atom. The number of thiophene rings is 1. The summed E-state index contributed by atoms with van der Waals surface area (Å²) in [6.45, 7) is 2.79. The Kier molecular flexibility index (Phi) is 3.99. The predicted octanol–water partition coefficient (Wildman–Crippen LogP) is 2.94. The van der Waals surface area contributed by atoms with E-state index in [0.717, 1.165) is 16.4 Å². The summed E-state index contributed by atoms with van der Waals surface area (Å²) in [6, 6.07) is 7.55. The predicted molar refractivity (Wildman–Crippen MR) is 71.6 cm³/mol. The number of nitrogens with one attached hydrogen (secondary N) is 2. The quantitative estimate of drug-likeness (QED) is 0.896. The fraction of sp³-hybridized carbons (Fsp3) is 0.250. The van der Waals surface area contributed by atoms with Crippen molar-refractivity contribution in [2.45, 2.75) is 19.5 Å². The first-order chi connectivity index (χ1) is 8.15. The smallest absolute Gasteiger partial charge is 0.248 e. The van der Waals surface area contributed by atoms with Crippen LogP contribution in [0.5, 0.6) is 0 Å². The largest absolute Gasteiger partial charge is 0.329 e. The summed E-state index contributed by atoms with van der Waals surface area (Å²) in [5, 5.41) is 3.35. The summed E-state index contributed by atoms with van der Waals surface area (Å²) < 4.78 is 0.797. The molecule has 2 aromatic rings. The molecular formula is C12H13ClN2OS. The molecule has 3 nitrogen and oxygen atoms in total. The maximum absolute atomic E-state index is 11.2. The first-order valence-corrected chi connectivity index (χ1v) is 6.51. The molecule has 0 aliphatic carbocycles. The number of rotatable bonds is 4. The van der Waals surface area contributed by atoms with Gasteiger partial charge in [-0.25, -0.2) is 0 Å². The zero-order valence-electron chi connectivity index (χ0n) is 9.37. The molecule has 0 saturated carbocycles. The van der Waals surface area contributed by atoms with Crippen LogP contribution in [0.4, 0.5) is 0 Å². The Morgan fingerprint density at radius 2 is 2.29 bits per heavy atom. The topological polar surface area (TPSA) is 44.9 Å². The van der Waals surface area contributed by atoms with Crippen LogP contribution in [0.2, 0.25) is 4.34 Å². The molecule has 2 aromatic heterocycles. The minimum absolute atomic E-state index is 0.0738. The second-order valence-electron chi connectivity index (χ2n) is 3.79. The molecule has 0 bridgehead atoms. The third-order valence-electron chi connectivity index (χ3n) is 2.51. The standard InChI is InChI=1S/C12H13ClN2OS/c1-8(9-4-5-14-12(16)6-9)15-7-10-2-3-11(13)17-10/h2-6,8,15H,7H2,1H3,(H,14,16). The van der Waals surface area contributed by atoms with Crippen LogP contribution in [0.25, 0.3) is 0 Å². The Labute approximate surface area is 108 Å². The molecule has 5 heteroatoms. The lowest BCUT2D eigenvalue weighted by atomic mass is 10.1. The molecule has 2 heterocycles. The second kappa shape index (κ2) is 5.49. The minimum atomic E-state index is -0.0738. The van der Waals surface area contributed by atoms with E-state index in [4.69, 9.17) is 11.6 Å². The third-order valence-corrected chi connectivity index (χ3v) is 3.74. The van der Waals surface area contributed by atoms with Crippen molar-refractivity contribution in [1.82, 2.24) is 10.3 Å². The molecule has 0 aromatic carbocycles. The van der Waals surface area contributed by atoms with Gasteiger partial charge in [-0.2, -0.15) is 0 Å². The minimum Gasteiger partial charge on any atom is -0.329 e. The molecule has 17 heavy (non-hydrogen) atoms. The lowest BCUT2D eigenvalue weighted by molar-refractivity contribution is 0.578. The van der Waals surface area contributed by atoms with E-state index < -0.39 is 0 Å². The highest BCUT2D eigenvalue weighted by atomic mass is 35.5. The van der Waals surface area contributed by atoms with Crippen LogP contribution in [-0.2, 0) is 6.54 Å². The number of aromatic amines is 1. The Balaban J connectivity index is 1.97. The van der Waals surface area contributed by atoms with Crippen molar-refractivity contribution >= 4 is 22.9 Å². The van der Waals surface area contributed by atoms with Crippen LogP contribution in [-0.4, -0.2) is 4.98 Å². The number of pyridine rings is 1. The fourth-order valence-corrected chi connectivity index (χ4v) is 2.59. The molecule has 1 atom stereocenters. The van der Waals surface area contributed by atoms with Gasteiger partial charge in [0.05, 0.1) is 4.34 Å². The maximum atomic E-state index is 11.2. The van der Waals surface area contributed by atoms with Crippen molar-refractivity contribution in [2.24, 2.45) is 0 Å². The van der Waals surface area contributed by atoms with Gasteiger partial charge in [0, 0.05) is 29.7 Å². The summed E-state index contributed by atoms with van der Waals surface area (Å²) in [6.07, 6.45) is 1.66. The summed E-state index contributed by atoms with van der Waals surface area (Å²) >= 11 is 7.42. The van der Waals surface area contributed by atoms with Gasteiger partial charge in [0.15, 0.2) is 0 Å². The van der Waals surface area contributed by atoms with Gasteiger partial charge in [-0.3, -0.25) is 4.79 Å². The Bertz CT molecular complexity index is 549. The van der Waals surface area contributed by atoms with Gasteiger partial charge >= 0.3 is 0 Å². The molecule has 0 spiro atoms. The zero-order chi connectivity index (χ0) is 12.3. The number of H-pyrrole nitrogens is 1. The molecule has 0 radical (unpaired) electrons. The van der Waals surface area contributed by atoms with Gasteiger partial charge in [-0.05, 0) is 30.7 Å². The van der Waals surface area contributed by atoms with Gasteiger partial charge in [-0.1, -0.05) is 11.6 Å². The number of hydrogen-bond acceptors (Lipinski definition) is 3. The van der Waals surface area contributed by atoms with Crippen LogP contribution in [0.3, 0.4) is 0 Å². The SMILES string of the molecule is CC(NCc1ccc(Cl)s1)c1cc[nH]c(=O)c1. The van der Waals surface area contributed by atoms with E-state index in [-0.39, 0.29) is 11.6 Å². The normalized spacial score (nSPS) is 12.6. The van der Waals surface area contributed by atoms with Crippen LogP contribution >= 0.6 is 22.9 Å². The lowest BCUT2D eigenvalue weighted by Crippen LogP contribution is -2.19. The highest BCUT2D eigenvalue weighted by Gasteiger charge is 2.06. The first-order valence-electron chi connectivity index (χ1n) is 5.31. The Hall–Kier alpha value is -1.10. The van der Waals surface area contributed by atoms with E-state index in [1.807, 2.05) is 25.1 Å². The van der Waals surface area contributed by atoms with E-state index >= 15 is 0 Å². The Morgan fingerprint density at radius 3 is 2.94 bits per heavy atom. The molecule has 1 unspecified atom stereocenters. The fourth-order valence-electron chi connectivity index (χ4n) is 1.55. The number of hydrogen-bond donors (Lipinski definition) is 2. The zero-order valence-corrected chi connectivity index (χ0v) is 10.9. The first kappa shape index (κ1) is 12.4. The van der Waals surface area contributed by atoms with Gasteiger partial charge in [-0.15, -0.1) is 11.3 Å². The monoisotopic (exact) mass is 268 g/mol. The van der Waals surface area contributed by atoms with Gasteiger partial charge in [0.1, 0.15) is 0 Å². The van der Waals surface area contributed by atoms with Crippen molar-refractivity contribution in [3.63, 3.8) is 0 Å². The van der Waals surface area contributed by atoms with Crippen molar-refractivity contribution in [3.8, 4) is 0 Å². The molecule has 0 amide bonds. The summed E-state index contributed by atoms with van der Waals surface area (Å²) in [7, 11) is 0. The molecule has 90 valence electrons. The van der Waals surface area contributed by atoms with Crippen molar-refractivity contribution in [2.75, 3.05) is 0 Å². The molecular weight excluding hydrogens is 256 g/mol. The summed E-state index contributed by atoms with van der Waals surface area (Å²) in [5.74, 6) is 0. The maximum Gasteiger partial charge on any atom is 0.248 e. The van der Waals surface area contributed by atoms with Crippen LogP contribution in [0.1, 0.15) is 23.4 Å². The average Bonchev–Trinajstić information content (AvgIpc) is 2.72. The van der Waals surface area contributed by atoms with Crippen molar-refractivity contribution < 1.29 is 0 Å². The van der Waals surface area contributed by atoms with E-state index in [2.05, 4.69) is 10.3 Å². The second-order valence-corrected chi connectivity index (χ2v) is 5.59. The van der Waals surface area contributed by atoms with Crippen molar-refractivity contribution in [1.29, 1.82) is 0 Å². The van der Waals surface area contributed by atoms with Crippen molar-refractivity contribution in [3.05, 3.63) is 55.6 Å². The number of halogens is 1. The summed E-state index contributed by atoms with van der Waals surface area (Å²) in [5.41, 5.74) is 0.909. The highest BCUT2D eigenvalue weighted by Crippen LogP contribution is 2.22. The van der Waals surface area contributed by atoms with Gasteiger partial charge in [0.2, 0.25) is 5.56 Å². The van der Waals surface area contributed by atoms with Crippen LogP contribution in [0, 0.1) is 0 Å². The van der Waals surface area contributed by atoms with Gasteiger partial charge < -0.3 is 10.3 Å². The molecule has 2 rings (SSSR count). The molecule has 2 N–H and O–H groups in total. The van der Waals surface area contributed by atoms with Gasteiger partial charge in [0.25, 0.3) is 0 Å². The molecule has 0 fully saturated rings. The molecule has 0 saturated heterocycles. The van der Waals surface area contributed by atoms with E-state index in [9.17, 15) is 4.79 Å². The third kappa shape index (κ3) is 3.43. The summed E-state index contributed by atoms with van der Waals surface area (Å²) in [4.78, 5) is 15.0. The number of aromatic nitrogens is 1. The molecule has 0 aliphatic rings. The van der Waals surface area contributed by atoms with E-state index in [0.29, 0.717) is 0 Å². The molecule has 0 aliphatic heterocycles. The highest BCUT2D eigenvalue weighted by molar-refractivity contribution is 7.16. The van der Waals surface area contributed by atoms with E-state index in [1.165, 1.54) is 4.88 Å². The lowest BCUT2D eigenvalue weighted by Gasteiger charge is -2.12. The van der Waals surface area contributed by atoms with Crippen LogP contribution < -0.4 is 10.9 Å².